The van der Waals surface area contributed by atoms with Gasteiger partial charge in [0.1, 0.15) is 11.6 Å². The largest absolute Gasteiger partial charge is 0.497 e. The Kier molecular flexibility index (Phi) is 12.3. The summed E-state index contributed by atoms with van der Waals surface area (Å²) in [5.74, 6) is 1.48. The molecule has 2 aromatic heterocycles. The van der Waals surface area contributed by atoms with Gasteiger partial charge in [0.15, 0.2) is 0 Å². The minimum Gasteiger partial charge on any atom is -0.497 e. The van der Waals surface area contributed by atoms with Crippen molar-refractivity contribution in [3.8, 4) is 5.75 Å². The second kappa shape index (κ2) is 17.4. The summed E-state index contributed by atoms with van der Waals surface area (Å²) in [7, 11) is 1.65. The number of nitrogens with one attached hydrogen (secondary N) is 5. The molecular weight excluding hydrogens is 603 g/mol. The molecule has 5 N–H and O–H groups in total. The number of carbonyl (C=O) groups excluding carboxylic acids is 1. The smallest absolute Gasteiger partial charge is 0.251 e. The van der Waals surface area contributed by atoms with E-state index in [2.05, 4.69) is 41.2 Å². The number of amides is 1. The summed E-state index contributed by atoms with van der Waals surface area (Å²) in [6.45, 7) is 3.39. The lowest BCUT2D eigenvalue weighted by atomic mass is 10.1. The van der Waals surface area contributed by atoms with Crippen molar-refractivity contribution in [2.75, 3.05) is 69.1 Å². The maximum Gasteiger partial charge on any atom is 0.251 e. The first-order valence-corrected chi connectivity index (χ1v) is 15.4. The zero-order chi connectivity index (χ0) is 32.7. The lowest BCUT2D eigenvalue weighted by Gasteiger charge is -2.12. The van der Waals surface area contributed by atoms with Crippen LogP contribution in [0.25, 0.3) is 10.9 Å². The molecule has 0 saturated carbocycles. The van der Waals surface area contributed by atoms with Crippen LogP contribution in [0.5, 0.6) is 5.75 Å². The Morgan fingerprint density at radius 1 is 0.787 bits per heavy atom. The maximum absolute atomic E-state index is 13.7. The van der Waals surface area contributed by atoms with E-state index in [0.29, 0.717) is 76.0 Å². The number of carbonyl (C=O) groups is 1. The van der Waals surface area contributed by atoms with Gasteiger partial charge in [-0.15, -0.1) is 0 Å². The number of halogens is 1. The van der Waals surface area contributed by atoms with Gasteiger partial charge >= 0.3 is 0 Å². The van der Waals surface area contributed by atoms with Gasteiger partial charge in [0, 0.05) is 48.8 Å². The summed E-state index contributed by atoms with van der Waals surface area (Å²) in [6, 6.07) is 21.3. The molecule has 1 amide bonds. The van der Waals surface area contributed by atoms with Gasteiger partial charge in [0.2, 0.25) is 17.8 Å². The lowest BCUT2D eigenvalue weighted by molar-refractivity contribution is 0.0519. The number of fused-ring (bicyclic) bond motifs is 1. The van der Waals surface area contributed by atoms with Gasteiger partial charge < -0.3 is 40.5 Å². The maximum atomic E-state index is 13.7. The number of aromatic amines is 1. The van der Waals surface area contributed by atoms with Crippen LogP contribution in [-0.2, 0) is 22.4 Å². The predicted molar refractivity (Wildman–Crippen MR) is 180 cm³/mol. The highest BCUT2D eigenvalue weighted by Gasteiger charge is 2.09. The van der Waals surface area contributed by atoms with Gasteiger partial charge in [-0.2, -0.15) is 15.0 Å². The Morgan fingerprint density at radius 2 is 1.51 bits per heavy atom. The highest BCUT2D eigenvalue weighted by Crippen LogP contribution is 2.24. The predicted octanol–water partition coefficient (Wildman–Crippen LogP) is 4.64. The average molecular weight is 643 g/mol. The van der Waals surface area contributed by atoms with E-state index in [9.17, 15) is 9.18 Å². The Morgan fingerprint density at radius 3 is 2.26 bits per heavy atom. The highest BCUT2D eigenvalue weighted by atomic mass is 19.1. The first-order valence-electron chi connectivity index (χ1n) is 15.4. The molecule has 0 radical (unpaired) electrons. The molecule has 0 spiro atoms. The molecule has 0 atom stereocenters. The molecule has 0 aliphatic heterocycles. The topological polar surface area (TPSA) is 147 Å². The van der Waals surface area contributed by atoms with Crippen molar-refractivity contribution >= 4 is 34.7 Å². The molecule has 0 aliphatic rings. The Labute approximate surface area is 272 Å². The summed E-state index contributed by atoms with van der Waals surface area (Å²) >= 11 is 0. The molecule has 0 bridgehead atoms. The Bertz CT molecular complexity index is 1720. The van der Waals surface area contributed by atoms with E-state index in [-0.39, 0.29) is 11.7 Å². The third kappa shape index (κ3) is 10.4. The fourth-order valence-corrected chi connectivity index (χ4v) is 4.73. The molecule has 13 heteroatoms. The zero-order valence-corrected chi connectivity index (χ0v) is 26.2. The standard InChI is InChI=1S/C34H39FN8O4/c1-45-28-10-11-30-29(21-28)26(23-39-30)12-13-37-32-41-33(43-34(42-32)40-22-24-6-5-9-27(35)20-24)38-15-17-47-19-18-46-16-14-36-31(44)25-7-3-2-4-8-25/h2-11,20-21,23,39H,12-19,22H2,1H3,(H,36,44)(H3,37,38,40,41,42,43). The van der Waals surface area contributed by atoms with E-state index in [1.54, 1.807) is 25.3 Å². The van der Waals surface area contributed by atoms with Crippen molar-refractivity contribution in [2.24, 2.45) is 0 Å². The highest BCUT2D eigenvalue weighted by molar-refractivity contribution is 5.94. The van der Waals surface area contributed by atoms with Crippen molar-refractivity contribution in [2.45, 2.75) is 13.0 Å². The fraction of sp³-hybridized carbons (Fsp3) is 0.294. The first-order chi connectivity index (χ1) is 23.1. The van der Waals surface area contributed by atoms with E-state index in [0.717, 1.165) is 34.2 Å². The molecule has 0 saturated heterocycles. The van der Waals surface area contributed by atoms with Crippen molar-refractivity contribution in [1.29, 1.82) is 0 Å². The Hall–Kier alpha value is -5.27. The minimum absolute atomic E-state index is 0.129. The molecule has 0 fully saturated rings. The molecular formula is C34H39FN8O4. The molecule has 12 nitrogen and oxygen atoms in total. The molecule has 5 aromatic rings. The van der Waals surface area contributed by atoms with Crippen LogP contribution in [0.3, 0.4) is 0 Å². The van der Waals surface area contributed by atoms with Gasteiger partial charge in [-0.1, -0.05) is 30.3 Å². The first kappa shape index (κ1) is 33.1. The molecule has 246 valence electrons. The van der Waals surface area contributed by atoms with Crippen LogP contribution in [-0.4, -0.2) is 79.0 Å². The van der Waals surface area contributed by atoms with Crippen LogP contribution in [0.2, 0.25) is 0 Å². The summed E-state index contributed by atoms with van der Waals surface area (Å²) in [5, 5.41) is 13.6. The second-order valence-corrected chi connectivity index (χ2v) is 10.5. The fourth-order valence-electron chi connectivity index (χ4n) is 4.73. The number of hydrogen-bond acceptors (Lipinski definition) is 10. The van der Waals surface area contributed by atoms with Crippen LogP contribution in [0.4, 0.5) is 22.2 Å². The number of methoxy groups -OCH3 is 1. The Balaban J connectivity index is 1.07. The molecule has 0 aliphatic carbocycles. The SMILES string of the molecule is COc1ccc2[nH]cc(CCNc3nc(NCCOCCOCCNC(=O)c4ccccc4)nc(NCc4cccc(F)c4)n3)c2c1. The summed E-state index contributed by atoms with van der Waals surface area (Å²) in [4.78, 5) is 28.9. The van der Waals surface area contributed by atoms with E-state index in [1.807, 2.05) is 48.7 Å². The van der Waals surface area contributed by atoms with Gasteiger partial charge in [-0.3, -0.25) is 4.79 Å². The monoisotopic (exact) mass is 642 g/mol. The summed E-state index contributed by atoms with van der Waals surface area (Å²) < 4.78 is 30.3. The van der Waals surface area contributed by atoms with Crippen molar-refractivity contribution in [1.82, 2.24) is 25.3 Å². The average Bonchev–Trinajstić information content (AvgIpc) is 3.50. The minimum atomic E-state index is -0.306. The summed E-state index contributed by atoms with van der Waals surface area (Å²) in [5.41, 5.74) is 3.56. The molecule has 2 heterocycles. The molecule has 0 unspecified atom stereocenters. The van der Waals surface area contributed by atoms with Crippen molar-refractivity contribution in [3.63, 3.8) is 0 Å². The number of H-pyrrole nitrogens is 1. The molecule has 47 heavy (non-hydrogen) atoms. The number of hydrogen-bond donors (Lipinski definition) is 5. The zero-order valence-electron chi connectivity index (χ0n) is 26.2. The van der Waals surface area contributed by atoms with E-state index in [1.165, 1.54) is 12.1 Å². The van der Waals surface area contributed by atoms with Crippen LogP contribution in [0.15, 0.2) is 79.0 Å². The quantitative estimate of drug-likeness (QED) is 0.0807. The second-order valence-electron chi connectivity index (χ2n) is 10.5. The normalized spacial score (nSPS) is 10.9. The van der Waals surface area contributed by atoms with Gasteiger partial charge in [0.05, 0.1) is 33.5 Å². The van der Waals surface area contributed by atoms with E-state index >= 15 is 0 Å². The number of nitrogens with zero attached hydrogens (tertiary/aromatic N) is 3. The van der Waals surface area contributed by atoms with E-state index < -0.39 is 0 Å². The molecule has 3 aromatic carbocycles. The van der Waals surface area contributed by atoms with E-state index in [4.69, 9.17) is 14.2 Å². The van der Waals surface area contributed by atoms with Crippen molar-refractivity contribution < 1.29 is 23.4 Å². The third-order valence-electron chi connectivity index (χ3n) is 7.10. The van der Waals surface area contributed by atoms with Gasteiger partial charge in [-0.25, -0.2) is 4.39 Å². The van der Waals surface area contributed by atoms with Crippen molar-refractivity contribution in [3.05, 3.63) is 102 Å². The lowest BCUT2D eigenvalue weighted by Crippen LogP contribution is -2.27. The van der Waals surface area contributed by atoms with Gasteiger partial charge in [-0.05, 0) is 60.0 Å². The summed E-state index contributed by atoms with van der Waals surface area (Å²) in [6.07, 6.45) is 2.72. The number of ether oxygens (including phenoxy) is 3. The number of aromatic nitrogens is 4. The van der Waals surface area contributed by atoms with Crippen LogP contribution >= 0.6 is 0 Å². The van der Waals surface area contributed by atoms with Gasteiger partial charge in [0.25, 0.3) is 5.91 Å². The number of benzene rings is 3. The van der Waals surface area contributed by atoms with Crippen LogP contribution in [0.1, 0.15) is 21.5 Å². The van der Waals surface area contributed by atoms with Crippen LogP contribution < -0.4 is 26.0 Å². The van der Waals surface area contributed by atoms with Crippen LogP contribution in [0, 0.1) is 5.82 Å². The molecule has 5 rings (SSSR count). The number of rotatable bonds is 19. The third-order valence-corrected chi connectivity index (χ3v) is 7.10. The number of anilines is 3.